The van der Waals surface area contributed by atoms with Crippen LogP contribution in [0, 0.1) is 56.3 Å². The molecule has 0 saturated carbocycles. The van der Waals surface area contributed by atoms with Crippen molar-refractivity contribution in [3.63, 3.8) is 0 Å². The summed E-state index contributed by atoms with van der Waals surface area (Å²) >= 11 is 0. The van der Waals surface area contributed by atoms with Gasteiger partial charge in [0, 0.05) is 6.42 Å². The van der Waals surface area contributed by atoms with Gasteiger partial charge in [0.15, 0.2) is 0 Å². The minimum absolute atomic E-state index is 0. The fourth-order valence-electron chi connectivity index (χ4n) is 10.5. The number of esters is 2. The number of fused-ring (bicyclic) bond motifs is 7. The van der Waals surface area contributed by atoms with Crippen LogP contribution in [-0.2, 0) is 31.9 Å². The van der Waals surface area contributed by atoms with E-state index in [1.807, 2.05) is 19.1 Å². The number of methoxy groups -OCH3 is 1. The summed E-state index contributed by atoms with van der Waals surface area (Å²) in [6.07, 6.45) is 20.6. The van der Waals surface area contributed by atoms with E-state index in [0.717, 1.165) is 93.5 Å². The van der Waals surface area contributed by atoms with Crippen LogP contribution < -0.4 is 25.7 Å². The molecule has 1 fully saturated rings. The summed E-state index contributed by atoms with van der Waals surface area (Å²) in [6, 6.07) is 0. The number of aliphatic hydroxyl groups is 1. The monoisotopic (exact) mass is 897 g/mol. The summed E-state index contributed by atoms with van der Waals surface area (Å²) in [5.41, 5.74) is 12.2. The maximum atomic E-state index is 13.7. The van der Waals surface area contributed by atoms with E-state index in [4.69, 9.17) is 29.7 Å². The second kappa shape index (κ2) is 23.3. The molecule has 0 unspecified atom stereocenters. The van der Waals surface area contributed by atoms with Crippen molar-refractivity contribution in [3.8, 4) is 0 Å². The van der Waals surface area contributed by atoms with Gasteiger partial charge in [0.1, 0.15) is 12.5 Å². The third-order valence-electron chi connectivity index (χ3n) is 14.6. The van der Waals surface area contributed by atoms with E-state index in [0.29, 0.717) is 34.6 Å². The SMILES string of the molecule is CCc1c2[n-]c(c1C)/C=C1\[N-]/C(=C3\c4[n-]c(c(C)c4[C@H](O)[C@@H]3C(=O)OC)/C=c3\[n-]/c(c(C)c3CC)=C\2)[C@@H](CCC(=O)OC/C=C(\C)CCC[C@@H](C)CCC[C@H](C)CCCC(C)C)[C@@H]1C.[Mg+2]. The van der Waals surface area contributed by atoms with Gasteiger partial charge in [0.2, 0.25) is 0 Å². The zero-order valence-corrected chi connectivity index (χ0v) is 43.2. The summed E-state index contributed by atoms with van der Waals surface area (Å²) in [4.78, 5) is 42.6. The third-order valence-corrected chi connectivity index (χ3v) is 14.6. The second-order valence-corrected chi connectivity index (χ2v) is 19.8. The Morgan fingerprint density at radius 1 is 0.785 bits per heavy atom. The van der Waals surface area contributed by atoms with E-state index >= 15 is 0 Å². The van der Waals surface area contributed by atoms with Crippen molar-refractivity contribution in [2.45, 2.75) is 166 Å². The maximum absolute atomic E-state index is 13.7. The van der Waals surface area contributed by atoms with Gasteiger partial charge in [-0.15, -0.1) is 33.5 Å². The van der Waals surface area contributed by atoms with Gasteiger partial charge in [0.05, 0.1) is 13.2 Å². The average Bonchev–Trinajstić information content (AvgIpc) is 3.99. The van der Waals surface area contributed by atoms with Crippen LogP contribution in [0.4, 0.5) is 0 Å². The molecule has 3 aromatic rings. The first-order chi connectivity index (χ1) is 30.6. The molecule has 0 aromatic carbocycles. The smallest absolute Gasteiger partial charge is 0.664 e. The Kier molecular flexibility index (Phi) is 18.7. The van der Waals surface area contributed by atoms with E-state index in [2.05, 4.69) is 81.4 Å². The molecule has 5 heterocycles. The number of rotatable bonds is 20. The Morgan fingerprint density at radius 3 is 2.06 bits per heavy atom. The van der Waals surface area contributed by atoms with E-state index in [9.17, 15) is 14.7 Å². The van der Waals surface area contributed by atoms with Crippen molar-refractivity contribution >= 4 is 58.8 Å². The molecule has 0 radical (unpaired) electrons. The van der Waals surface area contributed by atoms with Crippen LogP contribution in [0.15, 0.2) is 23.0 Å². The van der Waals surface area contributed by atoms with Gasteiger partial charge in [-0.25, -0.2) is 0 Å². The van der Waals surface area contributed by atoms with Crippen LogP contribution in [0.1, 0.15) is 188 Å². The normalized spacial score (nSPS) is 22.9. The first-order valence-electron chi connectivity index (χ1n) is 24.5. The number of hydrogen-bond donors (Lipinski definition) is 1. The van der Waals surface area contributed by atoms with Crippen LogP contribution in [0.5, 0.6) is 0 Å². The quantitative estimate of drug-likeness (QED) is 0.0675. The molecule has 8 bridgehead atoms. The van der Waals surface area contributed by atoms with Crippen LogP contribution in [0.25, 0.3) is 29.1 Å². The van der Waals surface area contributed by atoms with Crippen molar-refractivity contribution in [2.24, 2.45) is 35.5 Å². The molecule has 6 rings (SSSR count). The molecule has 0 amide bonds. The molecule has 1 aliphatic carbocycles. The van der Waals surface area contributed by atoms with E-state index in [-0.39, 0.29) is 53.9 Å². The van der Waals surface area contributed by atoms with Crippen molar-refractivity contribution in [3.05, 3.63) is 95.2 Å². The van der Waals surface area contributed by atoms with Crippen LogP contribution in [0.3, 0.4) is 0 Å². The van der Waals surface area contributed by atoms with E-state index in [1.165, 1.54) is 63.2 Å². The van der Waals surface area contributed by atoms with Crippen LogP contribution in [0.2, 0.25) is 0 Å². The number of allylic oxidation sites excluding steroid dienone is 3. The fourth-order valence-corrected chi connectivity index (χ4v) is 10.5. The summed E-state index contributed by atoms with van der Waals surface area (Å²) in [7, 11) is 1.35. The largest absolute Gasteiger partial charge is 2.00 e. The van der Waals surface area contributed by atoms with Crippen molar-refractivity contribution in [1.29, 1.82) is 0 Å². The molecule has 3 aromatic heterocycles. The zero-order valence-electron chi connectivity index (χ0n) is 41.8. The first-order valence-corrected chi connectivity index (χ1v) is 24.5. The molecular formula is C55H76MgN4O5-2. The molecular weight excluding hydrogens is 821 g/mol. The molecule has 350 valence electrons. The Bertz CT molecular complexity index is 2370. The van der Waals surface area contributed by atoms with Gasteiger partial charge >= 0.3 is 35.0 Å². The number of carbonyl (C=O) groups is 2. The number of aliphatic hydroxyl groups excluding tert-OH is 1. The number of aromatic nitrogens is 3. The molecule has 6 atom stereocenters. The zero-order chi connectivity index (χ0) is 46.4. The Labute approximate surface area is 406 Å². The van der Waals surface area contributed by atoms with E-state index < -0.39 is 18.0 Å². The number of ether oxygens (including phenoxy) is 2. The molecule has 1 N–H and O–H groups in total. The minimum atomic E-state index is -1.17. The number of hydrogen-bond acceptors (Lipinski definition) is 5. The number of nitrogens with zero attached hydrogens (tertiary/aromatic N) is 4. The summed E-state index contributed by atoms with van der Waals surface area (Å²) in [5.74, 6) is 0.125. The first kappa shape index (κ1) is 52.2. The number of carbonyl (C=O) groups excluding carboxylic acids is 2. The fraction of sp³-hybridized carbons (Fsp3) is 0.600. The topological polar surface area (TPSA) is 129 Å². The Hall–Kier alpha value is -3.73. The van der Waals surface area contributed by atoms with Crippen LogP contribution >= 0.6 is 0 Å². The standard InChI is InChI=1S/C55H76N4O5.Mg/c1-13-39-35(8)42-28-44-37(10)41(24-25-48(60)64-27-26-34(7)23-17-22-33(6)21-16-20-32(5)19-15-18-31(3)4)52(58-44)50-51(55(62)63-12)54(61)49-38(11)45(59-53(49)50)30-47-40(14-2)36(9)43(57-47)29-46(39)56-42;/h26,28-33,37,41,51,54,61H,13-25,27H2,1-12H3;/q-4;+2/b34-26+,43-29-,44-28-,47-30-,52-50-;/t32-,33+,37+,41+,51-,54+;/m1./s1. The maximum Gasteiger partial charge on any atom is 2.00 e. The Balaban J connectivity index is 0.00000793. The summed E-state index contributed by atoms with van der Waals surface area (Å²) < 4.78 is 11.1. The van der Waals surface area contributed by atoms with Gasteiger partial charge in [-0.3, -0.25) is 9.59 Å². The molecule has 1 saturated heterocycles. The predicted octanol–water partition coefficient (Wildman–Crippen LogP) is 10.1. The Morgan fingerprint density at radius 2 is 1.42 bits per heavy atom. The van der Waals surface area contributed by atoms with Gasteiger partial charge < -0.3 is 34.8 Å². The predicted molar refractivity (Wildman–Crippen MR) is 264 cm³/mol. The average molecular weight is 898 g/mol. The molecule has 10 heteroatoms. The molecule has 2 aliphatic heterocycles. The van der Waals surface area contributed by atoms with Crippen molar-refractivity contribution in [1.82, 2.24) is 15.0 Å². The minimum Gasteiger partial charge on any atom is -0.664 e. The van der Waals surface area contributed by atoms with Gasteiger partial charge in [-0.1, -0.05) is 151 Å². The van der Waals surface area contributed by atoms with Gasteiger partial charge in [0.25, 0.3) is 0 Å². The molecule has 0 spiro atoms. The second-order valence-electron chi connectivity index (χ2n) is 19.8. The van der Waals surface area contributed by atoms with Gasteiger partial charge in [-0.05, 0) is 101 Å². The third kappa shape index (κ3) is 11.9. The molecule has 9 nitrogen and oxygen atoms in total. The van der Waals surface area contributed by atoms with E-state index in [1.54, 1.807) is 0 Å². The van der Waals surface area contributed by atoms with Gasteiger partial charge in [-0.2, -0.15) is 11.4 Å². The summed E-state index contributed by atoms with van der Waals surface area (Å²) in [6.45, 7) is 24.4. The molecule has 65 heavy (non-hydrogen) atoms. The summed E-state index contributed by atoms with van der Waals surface area (Å²) in [5, 5.41) is 19.0. The van der Waals surface area contributed by atoms with Crippen LogP contribution in [-0.4, -0.2) is 53.8 Å². The molecule has 3 aliphatic rings. The van der Waals surface area contributed by atoms with Crippen molar-refractivity contribution in [2.75, 3.05) is 13.7 Å². The van der Waals surface area contributed by atoms with Crippen molar-refractivity contribution < 1.29 is 24.2 Å².